The molecule has 1 spiro atoms. The average molecular weight is 726 g/mol. The maximum atomic E-state index is 14.7. The van der Waals surface area contributed by atoms with Gasteiger partial charge in [0.15, 0.2) is 5.60 Å². The van der Waals surface area contributed by atoms with Gasteiger partial charge in [0, 0.05) is 37.3 Å². The first kappa shape index (κ1) is 37.1. The zero-order chi connectivity index (χ0) is 36.5. The van der Waals surface area contributed by atoms with Gasteiger partial charge in [0.05, 0.1) is 29.9 Å². The maximum absolute atomic E-state index is 14.7. The molecule has 3 fully saturated rings. The molecule has 12 nitrogen and oxygen atoms in total. The van der Waals surface area contributed by atoms with Crippen molar-refractivity contribution in [1.82, 2.24) is 20.9 Å². The van der Waals surface area contributed by atoms with Gasteiger partial charge >= 0.3 is 0 Å². The van der Waals surface area contributed by atoms with Gasteiger partial charge in [-0.2, -0.15) is 0 Å². The van der Waals surface area contributed by atoms with E-state index >= 15 is 0 Å². The second-order valence-electron chi connectivity index (χ2n) is 16.3. The number of likely N-dealkylation sites (tertiary alicyclic amines) is 1. The van der Waals surface area contributed by atoms with Crippen molar-refractivity contribution in [2.45, 2.75) is 141 Å². The van der Waals surface area contributed by atoms with Crippen LogP contribution in [0.15, 0.2) is 17.3 Å². The Labute approximate surface area is 305 Å². The molecule has 0 bridgehead atoms. The number of rotatable bonds is 12. The monoisotopic (exact) mass is 725 g/mol. The highest BCUT2D eigenvalue weighted by Crippen LogP contribution is 2.42. The molecule has 4 atom stereocenters. The van der Waals surface area contributed by atoms with Gasteiger partial charge in [-0.15, -0.1) is 0 Å². The quantitative estimate of drug-likeness (QED) is 0.270. The minimum absolute atomic E-state index is 0.00771. The molecule has 2 saturated carbocycles. The number of carbonyl (C=O) groups excluding carboxylic acids is 5. The topological polar surface area (TPSA) is 156 Å². The van der Waals surface area contributed by atoms with Gasteiger partial charge in [0.25, 0.3) is 5.91 Å². The molecule has 1 aromatic carbocycles. The molecule has 1 saturated heterocycles. The standard InChI is InChI=1S/C38H52ClN5O7/c1-5-9-27(31(46)35(48)40-25-12-13-25)41-34(47)29-20-38(19-28(43-51-38)24-17-23-14-15-50-32(23)26(39)18-24)21-44(29)36(49)33(37(2,3)4)42-30(45)16-22-10-7-6-8-11-22/h17-18,22,25,27,29,33H,5-16,19-21H2,1-4H3,(H,40,48)(H,41,47)(H,42,45)/t27-,29-,33+,38+/m0/s1. The number of carbonyl (C=O) groups is 5. The van der Waals surface area contributed by atoms with Crippen LogP contribution in [0.1, 0.15) is 116 Å². The largest absolute Gasteiger partial charge is 0.491 e. The summed E-state index contributed by atoms with van der Waals surface area (Å²) >= 11 is 6.55. The number of halogens is 1. The summed E-state index contributed by atoms with van der Waals surface area (Å²) in [6.45, 7) is 8.13. The molecule has 0 unspecified atom stereocenters. The van der Waals surface area contributed by atoms with Gasteiger partial charge in [-0.3, -0.25) is 24.0 Å². The lowest BCUT2D eigenvalue weighted by Crippen LogP contribution is -2.59. The van der Waals surface area contributed by atoms with Crippen LogP contribution in [-0.4, -0.2) is 82.9 Å². The van der Waals surface area contributed by atoms with Gasteiger partial charge in [0.2, 0.25) is 23.5 Å². The van der Waals surface area contributed by atoms with Crippen molar-refractivity contribution < 1.29 is 33.5 Å². The first-order valence-electron chi connectivity index (χ1n) is 18.7. The Hall–Kier alpha value is -3.67. The average Bonchev–Trinajstić information content (AvgIpc) is 3.44. The molecule has 51 heavy (non-hydrogen) atoms. The smallest absolute Gasteiger partial charge is 0.289 e. The second kappa shape index (κ2) is 15.1. The number of benzene rings is 1. The van der Waals surface area contributed by atoms with E-state index in [1.165, 1.54) is 11.3 Å². The van der Waals surface area contributed by atoms with Crippen molar-refractivity contribution >= 4 is 46.7 Å². The number of ether oxygens (including phenoxy) is 1. The van der Waals surface area contributed by atoms with Crippen LogP contribution >= 0.6 is 11.6 Å². The zero-order valence-corrected chi connectivity index (χ0v) is 31.0. The molecular weight excluding hydrogens is 674 g/mol. The van der Waals surface area contributed by atoms with Crippen LogP contribution in [0.4, 0.5) is 0 Å². The molecule has 13 heteroatoms. The van der Waals surface area contributed by atoms with E-state index in [0.717, 1.165) is 56.1 Å². The molecule has 0 aromatic heterocycles. The summed E-state index contributed by atoms with van der Waals surface area (Å²) in [5.41, 5.74) is 0.695. The maximum Gasteiger partial charge on any atom is 0.289 e. The molecule has 3 aliphatic heterocycles. The molecule has 278 valence electrons. The Balaban J connectivity index is 1.24. The number of hydrogen-bond acceptors (Lipinski definition) is 8. The van der Waals surface area contributed by atoms with Crippen LogP contribution in [0.3, 0.4) is 0 Å². The van der Waals surface area contributed by atoms with Gasteiger partial charge in [-0.25, -0.2) is 0 Å². The molecule has 1 aromatic rings. The van der Waals surface area contributed by atoms with Gasteiger partial charge in [-0.1, -0.05) is 70.1 Å². The summed E-state index contributed by atoms with van der Waals surface area (Å²) in [4.78, 5) is 75.9. The fraction of sp³-hybridized carbons (Fsp3) is 0.684. The number of ketones is 1. The number of oxime groups is 1. The molecule has 2 aliphatic carbocycles. The summed E-state index contributed by atoms with van der Waals surface area (Å²) in [6.07, 6.45) is 9.35. The van der Waals surface area contributed by atoms with E-state index in [-0.39, 0.29) is 37.3 Å². The first-order chi connectivity index (χ1) is 24.3. The fourth-order valence-electron chi connectivity index (χ4n) is 7.87. The Morgan fingerprint density at radius 3 is 2.49 bits per heavy atom. The minimum Gasteiger partial charge on any atom is -0.491 e. The Morgan fingerprint density at radius 2 is 1.80 bits per heavy atom. The van der Waals surface area contributed by atoms with E-state index < -0.39 is 52.6 Å². The van der Waals surface area contributed by atoms with Crippen molar-refractivity contribution in [1.29, 1.82) is 0 Å². The molecule has 6 rings (SSSR count). The lowest BCUT2D eigenvalue weighted by atomic mass is 9.84. The summed E-state index contributed by atoms with van der Waals surface area (Å²) < 4.78 is 5.67. The van der Waals surface area contributed by atoms with Crippen molar-refractivity contribution in [3.8, 4) is 5.75 Å². The number of amides is 4. The Kier molecular flexibility index (Phi) is 11.0. The predicted octanol–water partition coefficient (Wildman–Crippen LogP) is 4.37. The van der Waals surface area contributed by atoms with Crippen LogP contribution in [-0.2, 0) is 35.2 Å². The number of Topliss-reactive ketones (excluding diaryl/α,β-unsaturated/α-hetero) is 1. The highest BCUT2D eigenvalue weighted by atomic mass is 35.5. The summed E-state index contributed by atoms with van der Waals surface area (Å²) in [5.74, 6) is -1.60. The van der Waals surface area contributed by atoms with E-state index in [2.05, 4.69) is 21.1 Å². The fourth-order valence-corrected chi connectivity index (χ4v) is 8.16. The van der Waals surface area contributed by atoms with Crippen molar-refractivity contribution in [3.63, 3.8) is 0 Å². The Morgan fingerprint density at radius 1 is 1.06 bits per heavy atom. The van der Waals surface area contributed by atoms with Gasteiger partial charge < -0.3 is 30.4 Å². The van der Waals surface area contributed by atoms with E-state index in [0.29, 0.717) is 42.4 Å². The van der Waals surface area contributed by atoms with Crippen LogP contribution in [0, 0.1) is 11.3 Å². The third-order valence-corrected chi connectivity index (χ3v) is 11.1. The summed E-state index contributed by atoms with van der Waals surface area (Å²) in [5, 5.41) is 13.5. The summed E-state index contributed by atoms with van der Waals surface area (Å²) in [6, 6.07) is 0.765. The molecular formula is C38H52ClN5O7. The number of nitrogens with zero attached hydrogens (tertiary/aromatic N) is 2. The number of nitrogens with one attached hydrogen (secondary N) is 3. The third-order valence-electron chi connectivity index (χ3n) is 10.9. The van der Waals surface area contributed by atoms with E-state index in [9.17, 15) is 24.0 Å². The van der Waals surface area contributed by atoms with Crippen LogP contribution in [0.2, 0.25) is 5.02 Å². The van der Waals surface area contributed by atoms with Gasteiger partial charge in [0.1, 0.15) is 17.8 Å². The minimum atomic E-state index is -1.05. The lowest BCUT2D eigenvalue weighted by Gasteiger charge is -2.36. The molecule has 0 radical (unpaired) electrons. The van der Waals surface area contributed by atoms with Crippen molar-refractivity contribution in [2.24, 2.45) is 16.5 Å². The SMILES string of the molecule is CCC[C@H](NC(=O)[C@@H]1C[C@]2(CC(c3cc(Cl)c4c(c3)CCO4)=NO2)CN1C(=O)[C@@H](NC(=O)CC1CCCCC1)C(C)(C)C)C(=O)C(=O)NC1CC1. The van der Waals surface area contributed by atoms with E-state index in [1.54, 1.807) is 6.07 Å². The Bertz CT molecular complexity index is 1580. The predicted molar refractivity (Wildman–Crippen MR) is 191 cm³/mol. The number of fused-ring (bicyclic) bond motifs is 1. The molecule has 4 amide bonds. The summed E-state index contributed by atoms with van der Waals surface area (Å²) in [7, 11) is 0. The van der Waals surface area contributed by atoms with Gasteiger partial charge in [-0.05, 0) is 61.1 Å². The highest BCUT2D eigenvalue weighted by Gasteiger charge is 2.56. The van der Waals surface area contributed by atoms with Crippen molar-refractivity contribution in [2.75, 3.05) is 13.2 Å². The zero-order valence-electron chi connectivity index (χ0n) is 30.3. The first-order valence-corrected chi connectivity index (χ1v) is 19.1. The molecule has 3 heterocycles. The van der Waals surface area contributed by atoms with Crippen LogP contribution in [0.5, 0.6) is 5.75 Å². The van der Waals surface area contributed by atoms with Crippen molar-refractivity contribution in [3.05, 3.63) is 28.3 Å². The van der Waals surface area contributed by atoms with Crippen LogP contribution in [0.25, 0.3) is 0 Å². The van der Waals surface area contributed by atoms with E-state index in [4.69, 9.17) is 21.2 Å². The second-order valence-corrected chi connectivity index (χ2v) is 16.7. The normalized spacial score (nSPS) is 24.2. The van der Waals surface area contributed by atoms with Crippen LogP contribution < -0.4 is 20.7 Å². The number of hydrogen-bond donors (Lipinski definition) is 3. The van der Waals surface area contributed by atoms with E-state index in [1.807, 2.05) is 33.8 Å². The molecule has 5 aliphatic rings. The highest BCUT2D eigenvalue weighted by molar-refractivity contribution is 6.38. The molecule has 3 N–H and O–H groups in total. The third kappa shape index (κ3) is 8.53. The lowest BCUT2D eigenvalue weighted by molar-refractivity contribution is -0.145.